The van der Waals surface area contributed by atoms with Gasteiger partial charge in [0.25, 0.3) is 0 Å². The Morgan fingerprint density at radius 3 is 2.37 bits per heavy atom. The zero-order valence-corrected chi connectivity index (χ0v) is 12.0. The van der Waals surface area contributed by atoms with Gasteiger partial charge in [-0.05, 0) is 27.7 Å². The lowest BCUT2D eigenvalue weighted by atomic mass is 9.97. The number of hydrogen-bond donors (Lipinski definition) is 2. The molecule has 2 amide bonds. The summed E-state index contributed by atoms with van der Waals surface area (Å²) >= 11 is 0. The fraction of sp³-hybridized carbons (Fsp3) is 0.833. The van der Waals surface area contributed by atoms with Crippen LogP contribution in [0.5, 0.6) is 0 Å². The number of carbonyl (C=O) groups excluding carboxylic acids is 1. The van der Waals surface area contributed by atoms with Crippen molar-refractivity contribution in [3.63, 3.8) is 0 Å². The highest BCUT2D eigenvalue weighted by Crippen LogP contribution is 2.23. The van der Waals surface area contributed by atoms with Crippen LogP contribution in [0.4, 0.5) is 9.59 Å². The third-order valence-electron chi connectivity index (χ3n) is 3.10. The number of ether oxygens (including phenoxy) is 1. The predicted octanol–water partition coefficient (Wildman–Crippen LogP) is 0.935. The molecule has 7 heteroatoms. The molecule has 0 spiro atoms. The highest BCUT2D eigenvalue weighted by molar-refractivity contribution is 5.71. The quantitative estimate of drug-likeness (QED) is 0.741. The molecule has 1 heterocycles. The van der Waals surface area contributed by atoms with E-state index in [1.807, 2.05) is 0 Å². The zero-order chi connectivity index (χ0) is 14.8. The molecule has 3 N–H and O–H groups in total. The predicted molar refractivity (Wildman–Crippen MR) is 70.0 cm³/mol. The molecule has 1 saturated heterocycles. The van der Waals surface area contributed by atoms with Crippen molar-refractivity contribution in [2.24, 2.45) is 5.73 Å². The summed E-state index contributed by atoms with van der Waals surface area (Å²) in [5, 5.41) is 9.03. The van der Waals surface area contributed by atoms with Gasteiger partial charge in [-0.25, -0.2) is 9.59 Å². The molecule has 1 atom stereocenters. The van der Waals surface area contributed by atoms with Crippen molar-refractivity contribution in [1.29, 1.82) is 0 Å². The number of carboxylic acid groups (broad SMARTS) is 1. The molecule has 1 rings (SSSR count). The van der Waals surface area contributed by atoms with Crippen molar-refractivity contribution in [2.75, 3.05) is 26.2 Å². The molecule has 0 radical (unpaired) electrons. The average Bonchev–Trinajstić information content (AvgIpc) is 2.26. The fourth-order valence-electron chi connectivity index (χ4n) is 2.03. The van der Waals surface area contributed by atoms with E-state index in [9.17, 15) is 9.59 Å². The summed E-state index contributed by atoms with van der Waals surface area (Å²) in [6.45, 7) is 8.06. The van der Waals surface area contributed by atoms with E-state index in [-0.39, 0.29) is 26.2 Å². The standard InChI is InChI=1S/C12H23N3O4/c1-11(2,3)19-10(18)15-6-5-14(9(16)17)8-12(15,4)7-13/h5-8,13H2,1-4H3,(H,16,17). The Balaban J connectivity index is 2.84. The number of nitrogens with zero attached hydrogens (tertiary/aromatic N) is 2. The van der Waals surface area contributed by atoms with Gasteiger partial charge in [0.15, 0.2) is 0 Å². The lowest BCUT2D eigenvalue weighted by Crippen LogP contribution is -2.66. The second-order valence-electron chi connectivity index (χ2n) is 6.04. The summed E-state index contributed by atoms with van der Waals surface area (Å²) in [6, 6.07) is 0. The van der Waals surface area contributed by atoms with Crippen molar-refractivity contribution < 1.29 is 19.4 Å². The minimum Gasteiger partial charge on any atom is -0.465 e. The third-order valence-corrected chi connectivity index (χ3v) is 3.10. The third kappa shape index (κ3) is 3.73. The van der Waals surface area contributed by atoms with E-state index in [1.165, 1.54) is 9.80 Å². The Morgan fingerprint density at radius 1 is 1.37 bits per heavy atom. The summed E-state index contributed by atoms with van der Waals surface area (Å²) in [5.41, 5.74) is 4.40. The number of amides is 2. The van der Waals surface area contributed by atoms with Gasteiger partial charge in [0.2, 0.25) is 0 Å². The molecule has 0 aromatic rings. The molecule has 0 aliphatic carbocycles. The smallest absolute Gasteiger partial charge is 0.410 e. The Kier molecular flexibility index (Phi) is 4.29. The maximum Gasteiger partial charge on any atom is 0.410 e. The van der Waals surface area contributed by atoms with Crippen LogP contribution in [0.1, 0.15) is 27.7 Å². The van der Waals surface area contributed by atoms with E-state index < -0.39 is 23.3 Å². The Bertz CT molecular complexity index is 366. The number of nitrogens with two attached hydrogens (primary N) is 1. The number of hydrogen-bond acceptors (Lipinski definition) is 4. The van der Waals surface area contributed by atoms with E-state index in [2.05, 4.69) is 0 Å². The van der Waals surface area contributed by atoms with Crippen LogP contribution in [0.2, 0.25) is 0 Å². The van der Waals surface area contributed by atoms with Crippen LogP contribution >= 0.6 is 0 Å². The first-order valence-corrected chi connectivity index (χ1v) is 6.27. The number of rotatable bonds is 1. The van der Waals surface area contributed by atoms with Crippen LogP contribution in [0.25, 0.3) is 0 Å². The van der Waals surface area contributed by atoms with E-state index in [1.54, 1.807) is 27.7 Å². The second kappa shape index (κ2) is 5.24. The molecule has 0 aromatic carbocycles. The summed E-state index contributed by atoms with van der Waals surface area (Å²) in [4.78, 5) is 26.0. The molecule has 110 valence electrons. The highest BCUT2D eigenvalue weighted by Gasteiger charge is 2.42. The molecule has 0 bridgehead atoms. The molecule has 1 aliphatic rings. The van der Waals surface area contributed by atoms with Crippen LogP contribution in [-0.2, 0) is 4.74 Å². The average molecular weight is 273 g/mol. The van der Waals surface area contributed by atoms with Gasteiger partial charge in [-0.1, -0.05) is 0 Å². The van der Waals surface area contributed by atoms with Gasteiger partial charge < -0.3 is 20.5 Å². The fourth-order valence-corrected chi connectivity index (χ4v) is 2.03. The van der Waals surface area contributed by atoms with Crippen LogP contribution in [-0.4, -0.2) is 64.4 Å². The van der Waals surface area contributed by atoms with Crippen molar-refractivity contribution in [2.45, 2.75) is 38.8 Å². The van der Waals surface area contributed by atoms with Crippen molar-refractivity contribution in [3.05, 3.63) is 0 Å². The minimum absolute atomic E-state index is 0.177. The van der Waals surface area contributed by atoms with Gasteiger partial charge in [-0.3, -0.25) is 4.90 Å². The van der Waals surface area contributed by atoms with Gasteiger partial charge in [0.1, 0.15) is 5.60 Å². The topological polar surface area (TPSA) is 96.1 Å². The van der Waals surface area contributed by atoms with E-state index in [0.717, 1.165) is 0 Å². The minimum atomic E-state index is -0.997. The monoisotopic (exact) mass is 273 g/mol. The van der Waals surface area contributed by atoms with Gasteiger partial charge in [0, 0.05) is 26.2 Å². The highest BCUT2D eigenvalue weighted by atomic mass is 16.6. The van der Waals surface area contributed by atoms with Crippen molar-refractivity contribution in [3.8, 4) is 0 Å². The molecule has 0 aromatic heterocycles. The normalized spacial score (nSPS) is 24.3. The van der Waals surface area contributed by atoms with E-state index in [0.29, 0.717) is 0 Å². The first-order chi connectivity index (χ1) is 8.59. The van der Waals surface area contributed by atoms with Crippen LogP contribution in [0.15, 0.2) is 0 Å². The van der Waals surface area contributed by atoms with Crippen LogP contribution < -0.4 is 5.73 Å². The Morgan fingerprint density at radius 2 is 1.95 bits per heavy atom. The molecule has 1 fully saturated rings. The first-order valence-electron chi connectivity index (χ1n) is 6.27. The zero-order valence-electron chi connectivity index (χ0n) is 12.0. The molecule has 1 aliphatic heterocycles. The lowest BCUT2D eigenvalue weighted by Gasteiger charge is -2.47. The summed E-state index contributed by atoms with van der Waals surface area (Å²) in [7, 11) is 0. The number of piperazine rings is 1. The molecular weight excluding hydrogens is 250 g/mol. The molecule has 7 nitrogen and oxygen atoms in total. The van der Waals surface area contributed by atoms with Crippen molar-refractivity contribution >= 4 is 12.2 Å². The summed E-state index contributed by atoms with van der Waals surface area (Å²) in [5.74, 6) is 0. The summed E-state index contributed by atoms with van der Waals surface area (Å²) < 4.78 is 5.34. The molecule has 19 heavy (non-hydrogen) atoms. The van der Waals surface area contributed by atoms with Gasteiger partial charge in [-0.15, -0.1) is 0 Å². The molecule has 1 unspecified atom stereocenters. The first kappa shape index (κ1) is 15.6. The molecule has 0 saturated carbocycles. The maximum atomic E-state index is 12.1. The second-order valence-corrected chi connectivity index (χ2v) is 6.04. The van der Waals surface area contributed by atoms with Gasteiger partial charge in [0.05, 0.1) is 5.54 Å². The summed E-state index contributed by atoms with van der Waals surface area (Å²) in [6.07, 6.45) is -1.45. The van der Waals surface area contributed by atoms with Crippen LogP contribution in [0, 0.1) is 0 Å². The van der Waals surface area contributed by atoms with Crippen molar-refractivity contribution in [1.82, 2.24) is 9.80 Å². The van der Waals surface area contributed by atoms with E-state index in [4.69, 9.17) is 15.6 Å². The Labute approximate surface area is 113 Å². The SMILES string of the molecule is CC(C)(C)OC(=O)N1CCN(C(=O)O)CC1(C)CN. The van der Waals surface area contributed by atoms with Gasteiger partial charge in [-0.2, -0.15) is 0 Å². The Hall–Kier alpha value is -1.50. The van der Waals surface area contributed by atoms with E-state index >= 15 is 0 Å². The molecular formula is C12H23N3O4. The van der Waals surface area contributed by atoms with Crippen LogP contribution in [0.3, 0.4) is 0 Å². The lowest BCUT2D eigenvalue weighted by molar-refractivity contribution is -0.0230. The maximum absolute atomic E-state index is 12.1. The largest absolute Gasteiger partial charge is 0.465 e. The number of carbonyl (C=O) groups is 2. The van der Waals surface area contributed by atoms with Gasteiger partial charge >= 0.3 is 12.2 Å².